The van der Waals surface area contributed by atoms with E-state index < -0.39 is 11.1 Å². The number of rotatable bonds is 6. The van der Waals surface area contributed by atoms with Gasteiger partial charge in [0, 0.05) is 23.7 Å². The highest BCUT2D eigenvalue weighted by Crippen LogP contribution is 2.38. The number of thioether (sulfide) groups is 1. The van der Waals surface area contributed by atoms with Gasteiger partial charge in [0.15, 0.2) is 5.75 Å². The Labute approximate surface area is 216 Å². The SMILES string of the molecule is O=C(CN1C(=O)S/C(=C\c2cc(Cl)c(OCc3ccccc3Cl)c(Cl)c2)C1=O)N1CCCCC1. The predicted octanol–water partition coefficient (Wildman–Crippen LogP) is 6.27. The summed E-state index contributed by atoms with van der Waals surface area (Å²) >= 11 is 19.7. The lowest BCUT2D eigenvalue weighted by molar-refractivity contribution is -0.136. The molecule has 34 heavy (non-hydrogen) atoms. The molecule has 3 amide bonds. The predicted molar refractivity (Wildman–Crippen MR) is 135 cm³/mol. The van der Waals surface area contributed by atoms with Gasteiger partial charge in [-0.05, 0) is 60.9 Å². The van der Waals surface area contributed by atoms with Crippen molar-refractivity contribution in [3.8, 4) is 5.75 Å². The molecule has 6 nitrogen and oxygen atoms in total. The Morgan fingerprint density at radius 2 is 1.68 bits per heavy atom. The second kappa shape index (κ2) is 11.0. The summed E-state index contributed by atoms with van der Waals surface area (Å²) in [5.41, 5.74) is 1.32. The van der Waals surface area contributed by atoms with Crippen molar-refractivity contribution in [3.05, 3.63) is 67.5 Å². The van der Waals surface area contributed by atoms with Gasteiger partial charge in [0.2, 0.25) is 5.91 Å². The number of imide groups is 1. The molecule has 0 N–H and O–H groups in total. The molecule has 0 atom stereocenters. The van der Waals surface area contributed by atoms with Crippen molar-refractivity contribution < 1.29 is 19.1 Å². The van der Waals surface area contributed by atoms with Gasteiger partial charge in [-0.3, -0.25) is 19.3 Å². The van der Waals surface area contributed by atoms with Crippen molar-refractivity contribution in [2.75, 3.05) is 19.6 Å². The zero-order valence-corrected chi connectivity index (χ0v) is 21.1. The molecule has 10 heteroatoms. The number of ether oxygens (including phenoxy) is 1. The van der Waals surface area contributed by atoms with E-state index in [4.69, 9.17) is 39.5 Å². The summed E-state index contributed by atoms with van der Waals surface area (Å²) in [6.45, 7) is 1.25. The standard InChI is InChI=1S/C24H21Cl3N2O4S/c25-17-7-3-2-6-16(17)14-33-22-18(26)10-15(11-19(22)27)12-20-23(31)29(24(32)34-20)13-21(30)28-8-4-1-5-9-28/h2-3,6-7,10-12H,1,4-5,8-9,13-14H2/b20-12-. The van der Waals surface area contributed by atoms with Gasteiger partial charge in [-0.15, -0.1) is 0 Å². The van der Waals surface area contributed by atoms with Crippen LogP contribution in [0.15, 0.2) is 41.3 Å². The molecule has 2 heterocycles. The van der Waals surface area contributed by atoms with Crippen LogP contribution < -0.4 is 4.74 Å². The van der Waals surface area contributed by atoms with Gasteiger partial charge < -0.3 is 9.64 Å². The average molecular weight is 540 g/mol. The van der Waals surface area contributed by atoms with Crippen LogP contribution in [0.2, 0.25) is 15.1 Å². The molecule has 0 aliphatic carbocycles. The van der Waals surface area contributed by atoms with E-state index in [-0.39, 0.29) is 34.0 Å². The fourth-order valence-electron chi connectivity index (χ4n) is 3.73. The fourth-order valence-corrected chi connectivity index (χ4v) is 5.37. The van der Waals surface area contributed by atoms with Crippen LogP contribution in [-0.4, -0.2) is 46.5 Å². The van der Waals surface area contributed by atoms with Crippen LogP contribution in [0.5, 0.6) is 5.75 Å². The molecule has 178 valence electrons. The summed E-state index contributed by atoms with van der Waals surface area (Å²) in [4.78, 5) is 40.6. The molecule has 2 aliphatic heterocycles. The molecule has 2 aliphatic rings. The lowest BCUT2D eigenvalue weighted by atomic mass is 10.1. The smallest absolute Gasteiger partial charge is 0.294 e. The van der Waals surface area contributed by atoms with Gasteiger partial charge in [-0.1, -0.05) is 53.0 Å². The summed E-state index contributed by atoms with van der Waals surface area (Å²) in [5, 5.41) is 0.606. The van der Waals surface area contributed by atoms with E-state index in [2.05, 4.69) is 0 Å². The van der Waals surface area contributed by atoms with Crippen LogP contribution in [0.3, 0.4) is 0 Å². The number of hydrogen-bond acceptors (Lipinski definition) is 5. The Balaban J connectivity index is 1.46. The molecule has 4 rings (SSSR count). The number of likely N-dealkylation sites (tertiary alicyclic amines) is 1. The highest BCUT2D eigenvalue weighted by molar-refractivity contribution is 8.18. The number of halogens is 3. The fraction of sp³-hybridized carbons (Fsp3) is 0.292. The normalized spacial score (nSPS) is 17.6. The van der Waals surface area contributed by atoms with Crippen molar-refractivity contribution >= 4 is 69.7 Å². The highest BCUT2D eigenvalue weighted by atomic mass is 35.5. The third-order valence-corrected chi connectivity index (χ3v) is 7.36. The van der Waals surface area contributed by atoms with Crippen molar-refractivity contribution in [3.63, 3.8) is 0 Å². The van der Waals surface area contributed by atoms with E-state index in [1.165, 1.54) is 6.08 Å². The Kier molecular flexibility index (Phi) is 8.09. The summed E-state index contributed by atoms with van der Waals surface area (Å²) in [6, 6.07) is 10.5. The molecular weight excluding hydrogens is 519 g/mol. The monoisotopic (exact) mass is 538 g/mol. The first kappa shape index (κ1) is 24.9. The van der Waals surface area contributed by atoms with Crippen LogP contribution in [0, 0.1) is 0 Å². The summed E-state index contributed by atoms with van der Waals surface area (Å²) in [7, 11) is 0. The maximum atomic E-state index is 12.8. The molecule has 0 spiro atoms. The number of nitrogens with zero attached hydrogens (tertiary/aromatic N) is 2. The minimum Gasteiger partial charge on any atom is -0.486 e. The van der Waals surface area contributed by atoms with Gasteiger partial charge in [0.1, 0.15) is 13.2 Å². The third kappa shape index (κ3) is 5.71. The van der Waals surface area contributed by atoms with Crippen molar-refractivity contribution in [1.29, 1.82) is 0 Å². The van der Waals surface area contributed by atoms with E-state index >= 15 is 0 Å². The number of benzene rings is 2. The molecule has 2 fully saturated rings. The lowest BCUT2D eigenvalue weighted by Crippen LogP contribution is -2.44. The summed E-state index contributed by atoms with van der Waals surface area (Å²) < 4.78 is 5.77. The van der Waals surface area contributed by atoms with E-state index in [0.717, 1.165) is 41.5 Å². The van der Waals surface area contributed by atoms with Gasteiger partial charge in [0.05, 0.1) is 15.0 Å². The van der Waals surface area contributed by atoms with Crippen LogP contribution >= 0.6 is 46.6 Å². The number of amides is 3. The largest absolute Gasteiger partial charge is 0.486 e. The van der Waals surface area contributed by atoms with Crippen molar-refractivity contribution in [1.82, 2.24) is 9.80 Å². The maximum absolute atomic E-state index is 12.8. The van der Waals surface area contributed by atoms with Crippen molar-refractivity contribution in [2.45, 2.75) is 25.9 Å². The molecule has 2 aromatic rings. The van der Waals surface area contributed by atoms with E-state index in [0.29, 0.717) is 29.4 Å². The Hall–Kier alpha value is -2.19. The van der Waals surface area contributed by atoms with Gasteiger partial charge in [-0.2, -0.15) is 0 Å². The maximum Gasteiger partial charge on any atom is 0.294 e. The lowest BCUT2D eigenvalue weighted by Gasteiger charge is -2.27. The number of piperidine rings is 1. The van der Waals surface area contributed by atoms with Crippen LogP contribution in [0.1, 0.15) is 30.4 Å². The van der Waals surface area contributed by atoms with E-state index in [9.17, 15) is 14.4 Å². The van der Waals surface area contributed by atoms with E-state index in [1.54, 1.807) is 23.1 Å². The Bertz CT molecular complexity index is 1140. The topological polar surface area (TPSA) is 66.9 Å². The van der Waals surface area contributed by atoms with Crippen LogP contribution in [-0.2, 0) is 16.2 Å². The molecule has 0 unspecified atom stereocenters. The first-order valence-corrected chi connectivity index (χ1v) is 12.7. The Morgan fingerprint density at radius 1 is 1.00 bits per heavy atom. The van der Waals surface area contributed by atoms with Crippen LogP contribution in [0.4, 0.5) is 4.79 Å². The quantitative estimate of drug-likeness (QED) is 0.405. The average Bonchev–Trinajstić information content (AvgIpc) is 3.07. The molecule has 2 saturated heterocycles. The zero-order valence-electron chi connectivity index (χ0n) is 18.1. The molecule has 0 radical (unpaired) electrons. The number of carbonyl (C=O) groups excluding carboxylic acids is 3. The first-order valence-electron chi connectivity index (χ1n) is 10.7. The van der Waals surface area contributed by atoms with Gasteiger partial charge in [-0.25, -0.2) is 0 Å². The number of hydrogen-bond donors (Lipinski definition) is 0. The first-order chi connectivity index (χ1) is 16.3. The summed E-state index contributed by atoms with van der Waals surface area (Å²) in [6.07, 6.45) is 4.50. The second-order valence-corrected chi connectivity index (χ2v) is 10.1. The van der Waals surface area contributed by atoms with Crippen LogP contribution in [0.25, 0.3) is 6.08 Å². The molecule has 0 bridgehead atoms. The summed E-state index contributed by atoms with van der Waals surface area (Å²) in [5.74, 6) is -0.429. The molecule has 2 aromatic carbocycles. The minimum absolute atomic E-state index is 0.183. The van der Waals surface area contributed by atoms with Crippen molar-refractivity contribution in [2.24, 2.45) is 0 Å². The molecule has 0 aromatic heterocycles. The van der Waals surface area contributed by atoms with Gasteiger partial charge >= 0.3 is 0 Å². The Morgan fingerprint density at radius 3 is 2.35 bits per heavy atom. The zero-order chi connectivity index (χ0) is 24.2. The molecule has 0 saturated carbocycles. The minimum atomic E-state index is -0.508. The van der Waals surface area contributed by atoms with E-state index in [1.807, 2.05) is 18.2 Å². The van der Waals surface area contributed by atoms with Gasteiger partial charge in [0.25, 0.3) is 11.1 Å². The number of carbonyl (C=O) groups is 3. The third-order valence-electron chi connectivity index (χ3n) is 5.52. The second-order valence-electron chi connectivity index (χ2n) is 7.90. The molecular formula is C24H21Cl3N2O4S. The highest BCUT2D eigenvalue weighted by Gasteiger charge is 2.37.